The van der Waals surface area contributed by atoms with Crippen molar-refractivity contribution in [1.82, 2.24) is 5.16 Å². The van der Waals surface area contributed by atoms with E-state index in [1.165, 1.54) is 33.5 Å². The van der Waals surface area contributed by atoms with Gasteiger partial charge in [0.15, 0.2) is 16.3 Å². The van der Waals surface area contributed by atoms with Crippen molar-refractivity contribution in [3.8, 4) is 28.4 Å². The van der Waals surface area contributed by atoms with Crippen LogP contribution in [-0.4, -0.2) is 84.3 Å². The lowest BCUT2D eigenvalue weighted by Gasteiger charge is -2.36. The third kappa shape index (κ3) is 7.81. The minimum absolute atomic E-state index is 0.0493. The first-order valence-corrected chi connectivity index (χ1v) is 16.6. The lowest BCUT2D eigenvalue weighted by atomic mass is 9.91. The summed E-state index contributed by atoms with van der Waals surface area (Å²) in [6, 6.07) is 15.2. The van der Waals surface area contributed by atoms with Gasteiger partial charge in [-0.15, -0.1) is 0 Å². The molecule has 1 aromatic heterocycles. The van der Waals surface area contributed by atoms with Crippen molar-refractivity contribution in [2.45, 2.75) is 42.3 Å². The number of aliphatic hydroxyl groups is 1. The van der Waals surface area contributed by atoms with Crippen molar-refractivity contribution in [2.24, 2.45) is 5.92 Å². The first kappa shape index (κ1) is 36.9. The van der Waals surface area contributed by atoms with Gasteiger partial charge in [-0.1, -0.05) is 23.4 Å². The van der Waals surface area contributed by atoms with Crippen LogP contribution in [0.15, 0.2) is 64.0 Å². The smallest absolute Gasteiger partial charge is 0.423 e. The molecule has 18 heteroatoms. The molecule has 2 heterocycles. The van der Waals surface area contributed by atoms with E-state index < -0.39 is 47.1 Å². The highest BCUT2D eigenvalue weighted by Crippen LogP contribution is 2.41. The van der Waals surface area contributed by atoms with Crippen LogP contribution in [0, 0.1) is 5.92 Å². The fraction of sp³-hybridized carbons (Fsp3) is 0.406. The van der Waals surface area contributed by atoms with Gasteiger partial charge in [0.05, 0.1) is 34.0 Å². The van der Waals surface area contributed by atoms with Gasteiger partial charge in [0, 0.05) is 18.8 Å². The average Bonchev–Trinajstić information content (AvgIpc) is 3.48. The highest BCUT2D eigenvalue weighted by molar-refractivity contribution is 7.93. The molecule has 5 rings (SSSR count). The predicted octanol–water partition coefficient (Wildman–Crippen LogP) is 6.41. The number of aliphatic hydroxyl groups excluding tert-OH is 1. The number of hydrogen-bond acceptors (Lipinski definition) is 10. The number of anilines is 2. The Kier molecular flexibility index (Phi) is 10.6. The maximum Gasteiger partial charge on any atom is 0.423 e. The fourth-order valence-corrected chi connectivity index (χ4v) is 7.15. The van der Waals surface area contributed by atoms with E-state index in [2.05, 4.69) is 14.6 Å². The molecule has 1 aliphatic heterocycles. The molecule has 1 unspecified atom stereocenters. The second-order valence-electron chi connectivity index (χ2n) is 11.4. The van der Waals surface area contributed by atoms with Crippen molar-refractivity contribution >= 4 is 32.5 Å². The lowest BCUT2D eigenvalue weighted by Crippen LogP contribution is -2.47. The second-order valence-corrected chi connectivity index (χ2v) is 13.0. The molecule has 0 aliphatic carbocycles. The first-order chi connectivity index (χ1) is 23.6. The Labute approximate surface area is 282 Å². The van der Waals surface area contributed by atoms with Crippen molar-refractivity contribution in [1.29, 1.82) is 0 Å². The standard InChI is InChI=1S/C32H33F6N3O8S/c1-45-23-8-5-9-24(46-2)28(23)50(43,44)40-29-27-25(47-3)15-20(16-26(27)49-39-29)19-6-4-7-21(14-19)41-12-10-18(11-13-41)22(42)17-48-30(31(33,34)35)32(36,37)38/h4-9,14-16,18,22,30,42H,10-13,17H2,1-3H3,(H,39,40). The molecule has 272 valence electrons. The number of benzene rings is 3. The summed E-state index contributed by atoms with van der Waals surface area (Å²) in [6.45, 7) is -0.357. The van der Waals surface area contributed by atoms with E-state index in [1.807, 2.05) is 23.1 Å². The minimum atomic E-state index is -5.65. The average molecular weight is 734 g/mol. The SMILES string of the molecule is COc1cccc(OC)c1S(=O)(=O)Nc1noc2cc(-c3cccc(N4CCC(C(O)COC(C(F)(F)F)C(F)(F)F)CC4)c3)cc(OC)c12. The number of piperidine rings is 1. The molecule has 3 aromatic carbocycles. The Morgan fingerprint density at radius 3 is 2.08 bits per heavy atom. The van der Waals surface area contributed by atoms with Gasteiger partial charge < -0.3 is 33.5 Å². The molecule has 0 radical (unpaired) electrons. The summed E-state index contributed by atoms with van der Waals surface area (Å²) >= 11 is 0. The summed E-state index contributed by atoms with van der Waals surface area (Å²) in [6.07, 6.45) is -16.2. The number of nitrogens with zero attached hydrogens (tertiary/aromatic N) is 2. The fourth-order valence-electron chi connectivity index (χ4n) is 5.82. The number of fused-ring (bicyclic) bond motifs is 1. The molecular weight excluding hydrogens is 700 g/mol. The molecule has 11 nitrogen and oxygen atoms in total. The summed E-state index contributed by atoms with van der Waals surface area (Å²) < 4.78 is 132. The number of nitrogens with one attached hydrogen (secondary N) is 1. The van der Waals surface area contributed by atoms with Crippen LogP contribution in [-0.2, 0) is 14.8 Å². The zero-order valence-corrected chi connectivity index (χ0v) is 27.7. The van der Waals surface area contributed by atoms with E-state index in [0.717, 1.165) is 11.3 Å². The highest BCUT2D eigenvalue weighted by atomic mass is 32.2. The van der Waals surface area contributed by atoms with E-state index in [4.69, 9.17) is 18.7 Å². The number of rotatable bonds is 12. The molecule has 4 aromatic rings. The van der Waals surface area contributed by atoms with Crippen molar-refractivity contribution in [3.05, 3.63) is 54.6 Å². The van der Waals surface area contributed by atoms with E-state index in [-0.39, 0.29) is 38.9 Å². The van der Waals surface area contributed by atoms with Gasteiger partial charge in [0.1, 0.15) is 22.6 Å². The third-order valence-corrected chi connectivity index (χ3v) is 9.70. The quantitative estimate of drug-likeness (QED) is 0.158. The van der Waals surface area contributed by atoms with E-state index in [9.17, 15) is 39.9 Å². The maximum absolute atomic E-state index is 13.5. The van der Waals surface area contributed by atoms with Crippen molar-refractivity contribution in [3.63, 3.8) is 0 Å². The Bertz CT molecular complexity index is 1870. The molecule has 2 N–H and O–H groups in total. The van der Waals surface area contributed by atoms with Gasteiger partial charge in [-0.25, -0.2) is 8.42 Å². The summed E-state index contributed by atoms with van der Waals surface area (Å²) in [5, 5.41) is 14.6. The number of methoxy groups -OCH3 is 3. The number of alkyl halides is 6. The van der Waals surface area contributed by atoms with Gasteiger partial charge in [-0.2, -0.15) is 26.3 Å². The Balaban J connectivity index is 1.31. The van der Waals surface area contributed by atoms with Crippen molar-refractivity contribution in [2.75, 3.05) is 50.6 Å². The van der Waals surface area contributed by atoms with Gasteiger partial charge in [-0.05, 0) is 66.3 Å². The minimum Gasteiger partial charge on any atom is -0.496 e. The van der Waals surface area contributed by atoms with E-state index >= 15 is 0 Å². The predicted molar refractivity (Wildman–Crippen MR) is 169 cm³/mol. The van der Waals surface area contributed by atoms with Gasteiger partial charge in [-0.3, -0.25) is 4.72 Å². The number of aromatic nitrogens is 1. The van der Waals surface area contributed by atoms with Crippen molar-refractivity contribution < 1.29 is 63.3 Å². The molecule has 0 saturated carbocycles. The van der Waals surface area contributed by atoms with Crippen LogP contribution >= 0.6 is 0 Å². The topological polar surface area (TPSA) is 133 Å². The van der Waals surface area contributed by atoms with Crippen LogP contribution in [0.4, 0.5) is 37.8 Å². The zero-order valence-electron chi connectivity index (χ0n) is 26.8. The monoisotopic (exact) mass is 733 g/mol. The van der Waals surface area contributed by atoms with E-state index in [1.54, 1.807) is 24.3 Å². The number of sulfonamides is 1. The number of halogens is 6. The molecule has 1 aliphatic rings. The van der Waals surface area contributed by atoms with Crippen LogP contribution < -0.4 is 23.8 Å². The molecule has 1 atom stereocenters. The summed E-state index contributed by atoms with van der Waals surface area (Å²) in [5.41, 5.74) is 2.35. The Morgan fingerprint density at radius 2 is 1.50 bits per heavy atom. The van der Waals surface area contributed by atoms with Crippen LogP contribution in [0.25, 0.3) is 22.1 Å². The third-order valence-electron chi connectivity index (χ3n) is 8.30. The molecule has 0 amide bonds. The van der Waals surface area contributed by atoms with Crippen LogP contribution in [0.5, 0.6) is 17.2 Å². The van der Waals surface area contributed by atoms with Gasteiger partial charge in [0.25, 0.3) is 10.0 Å². The molecule has 1 saturated heterocycles. The summed E-state index contributed by atoms with van der Waals surface area (Å²) in [5.74, 6) is -0.344. The van der Waals surface area contributed by atoms with Gasteiger partial charge >= 0.3 is 12.4 Å². The second kappa shape index (κ2) is 14.4. The normalized spacial score (nSPS) is 15.4. The number of ether oxygens (including phenoxy) is 4. The Hall–Kier alpha value is -4.42. The summed E-state index contributed by atoms with van der Waals surface area (Å²) in [7, 11) is -0.238. The van der Waals surface area contributed by atoms with E-state index in [0.29, 0.717) is 31.5 Å². The number of hydrogen-bond donors (Lipinski definition) is 2. The molecule has 1 fully saturated rings. The van der Waals surface area contributed by atoms with Crippen LogP contribution in [0.1, 0.15) is 12.8 Å². The van der Waals surface area contributed by atoms with Crippen LogP contribution in [0.2, 0.25) is 0 Å². The molecule has 50 heavy (non-hydrogen) atoms. The molecular formula is C32H33F6N3O8S. The van der Waals surface area contributed by atoms with Crippen LogP contribution in [0.3, 0.4) is 0 Å². The molecule has 0 spiro atoms. The maximum atomic E-state index is 13.5. The highest BCUT2D eigenvalue weighted by Gasteiger charge is 2.58. The molecule has 0 bridgehead atoms. The largest absolute Gasteiger partial charge is 0.496 e. The first-order valence-electron chi connectivity index (χ1n) is 15.1. The van der Waals surface area contributed by atoms with Gasteiger partial charge in [0.2, 0.25) is 6.10 Å². The lowest BCUT2D eigenvalue weighted by molar-refractivity contribution is -0.325. The summed E-state index contributed by atoms with van der Waals surface area (Å²) in [4.78, 5) is 1.74. The Morgan fingerprint density at radius 1 is 0.900 bits per heavy atom. The zero-order chi connectivity index (χ0) is 36.4.